The van der Waals surface area contributed by atoms with Gasteiger partial charge < -0.3 is 4.79 Å². The molecular formula is C14H18O2. The Labute approximate surface area is 96.7 Å². The maximum atomic E-state index is 11.9. The molecule has 0 radical (unpaired) electrons. The molecule has 0 bridgehead atoms. The second-order valence-electron chi connectivity index (χ2n) is 5.01. The highest BCUT2D eigenvalue weighted by Gasteiger charge is 2.24. The summed E-state index contributed by atoms with van der Waals surface area (Å²) in [7, 11) is 0. The van der Waals surface area contributed by atoms with Crippen molar-refractivity contribution < 1.29 is 9.59 Å². The maximum Gasteiger partial charge on any atom is 0.163 e. The van der Waals surface area contributed by atoms with Crippen molar-refractivity contribution in [2.24, 2.45) is 5.41 Å². The van der Waals surface area contributed by atoms with Gasteiger partial charge in [-0.1, -0.05) is 44.2 Å². The normalized spacial score (nSPS) is 11.2. The minimum atomic E-state index is -0.251. The molecule has 1 aromatic carbocycles. The van der Waals surface area contributed by atoms with E-state index in [1.165, 1.54) is 0 Å². The van der Waals surface area contributed by atoms with Gasteiger partial charge >= 0.3 is 0 Å². The molecule has 0 heterocycles. The van der Waals surface area contributed by atoms with E-state index in [4.69, 9.17) is 0 Å². The Morgan fingerprint density at radius 3 is 2.12 bits per heavy atom. The molecular weight excluding hydrogens is 200 g/mol. The molecule has 0 fully saturated rings. The highest BCUT2D eigenvalue weighted by atomic mass is 16.1. The van der Waals surface area contributed by atoms with Crippen LogP contribution in [-0.4, -0.2) is 11.6 Å². The van der Waals surface area contributed by atoms with Crippen molar-refractivity contribution in [3.8, 4) is 0 Å². The molecule has 0 aliphatic carbocycles. The first-order chi connectivity index (χ1) is 7.41. The number of carbonyl (C=O) groups is 2. The van der Waals surface area contributed by atoms with Crippen LogP contribution in [0.2, 0.25) is 0 Å². The van der Waals surface area contributed by atoms with Gasteiger partial charge in [-0.25, -0.2) is 0 Å². The molecule has 1 aromatic rings. The average Bonchev–Trinajstić information content (AvgIpc) is 2.16. The van der Waals surface area contributed by atoms with Crippen molar-refractivity contribution in [1.29, 1.82) is 0 Å². The van der Waals surface area contributed by atoms with Gasteiger partial charge in [0.05, 0.1) is 0 Å². The first-order valence-electron chi connectivity index (χ1n) is 5.48. The monoisotopic (exact) mass is 218 g/mol. The number of hydrogen-bond donors (Lipinski definition) is 0. The fourth-order valence-corrected chi connectivity index (χ4v) is 1.90. The first-order valence-corrected chi connectivity index (χ1v) is 5.48. The van der Waals surface area contributed by atoms with Crippen LogP contribution in [0.15, 0.2) is 30.3 Å². The molecule has 2 heteroatoms. The number of rotatable bonds is 5. The minimum absolute atomic E-state index is 0.104. The molecule has 0 saturated carbocycles. The zero-order chi connectivity index (χ0) is 12.2. The van der Waals surface area contributed by atoms with Gasteiger partial charge in [0.15, 0.2) is 5.78 Å². The SMILES string of the molecule is CC(=O)CC(C)(C)CC(=O)c1ccccc1. The summed E-state index contributed by atoms with van der Waals surface area (Å²) in [5.41, 5.74) is 0.470. The Morgan fingerprint density at radius 1 is 1.06 bits per heavy atom. The summed E-state index contributed by atoms with van der Waals surface area (Å²) < 4.78 is 0. The van der Waals surface area contributed by atoms with Gasteiger partial charge in [-0.3, -0.25) is 4.79 Å². The summed E-state index contributed by atoms with van der Waals surface area (Å²) in [5.74, 6) is 0.234. The van der Waals surface area contributed by atoms with Crippen molar-refractivity contribution in [3.05, 3.63) is 35.9 Å². The summed E-state index contributed by atoms with van der Waals surface area (Å²) in [4.78, 5) is 23.0. The Bertz CT molecular complexity index is 377. The molecule has 2 nitrogen and oxygen atoms in total. The van der Waals surface area contributed by atoms with Crippen LogP contribution in [-0.2, 0) is 4.79 Å². The predicted octanol–water partition coefficient (Wildman–Crippen LogP) is 3.26. The third kappa shape index (κ3) is 3.97. The van der Waals surface area contributed by atoms with Gasteiger partial charge in [-0.15, -0.1) is 0 Å². The second kappa shape index (κ2) is 5.06. The van der Waals surface area contributed by atoms with E-state index >= 15 is 0 Å². The van der Waals surface area contributed by atoms with E-state index in [1.54, 1.807) is 6.92 Å². The van der Waals surface area contributed by atoms with Crippen LogP contribution < -0.4 is 0 Å². The molecule has 0 atom stereocenters. The lowest BCUT2D eigenvalue weighted by atomic mass is 9.81. The van der Waals surface area contributed by atoms with Gasteiger partial charge in [0.25, 0.3) is 0 Å². The molecule has 16 heavy (non-hydrogen) atoms. The zero-order valence-corrected chi connectivity index (χ0v) is 10.1. The van der Waals surface area contributed by atoms with E-state index in [9.17, 15) is 9.59 Å². The third-order valence-corrected chi connectivity index (χ3v) is 2.46. The van der Waals surface area contributed by atoms with E-state index < -0.39 is 0 Å². The van der Waals surface area contributed by atoms with Gasteiger partial charge in [-0.2, -0.15) is 0 Å². The minimum Gasteiger partial charge on any atom is -0.300 e. The van der Waals surface area contributed by atoms with Crippen LogP contribution in [0.1, 0.15) is 44.0 Å². The van der Waals surface area contributed by atoms with Gasteiger partial charge in [0.1, 0.15) is 5.78 Å². The molecule has 1 rings (SSSR count). The number of hydrogen-bond acceptors (Lipinski definition) is 2. The number of benzene rings is 1. The smallest absolute Gasteiger partial charge is 0.163 e. The second-order valence-corrected chi connectivity index (χ2v) is 5.01. The quantitative estimate of drug-likeness (QED) is 0.711. The summed E-state index contributed by atoms with van der Waals surface area (Å²) in [6.45, 7) is 5.47. The van der Waals surface area contributed by atoms with Crippen molar-refractivity contribution in [2.45, 2.75) is 33.6 Å². The molecule has 0 amide bonds. The highest BCUT2D eigenvalue weighted by Crippen LogP contribution is 2.27. The molecule has 0 N–H and O–H groups in total. The van der Waals surface area contributed by atoms with Crippen LogP contribution in [0.5, 0.6) is 0 Å². The van der Waals surface area contributed by atoms with E-state index in [0.29, 0.717) is 12.8 Å². The highest BCUT2D eigenvalue weighted by molar-refractivity contribution is 5.96. The van der Waals surface area contributed by atoms with Crippen molar-refractivity contribution >= 4 is 11.6 Å². The molecule has 0 aliphatic rings. The number of Topliss-reactive ketones (excluding diaryl/α,β-unsaturated/α-hetero) is 2. The zero-order valence-electron chi connectivity index (χ0n) is 10.1. The molecule has 0 unspecified atom stereocenters. The van der Waals surface area contributed by atoms with Crippen LogP contribution >= 0.6 is 0 Å². The Kier molecular flexibility index (Phi) is 3.99. The largest absolute Gasteiger partial charge is 0.300 e. The third-order valence-electron chi connectivity index (χ3n) is 2.46. The van der Waals surface area contributed by atoms with E-state index in [1.807, 2.05) is 44.2 Å². The van der Waals surface area contributed by atoms with Crippen LogP contribution in [0.3, 0.4) is 0 Å². The van der Waals surface area contributed by atoms with Crippen LogP contribution in [0.4, 0.5) is 0 Å². The fraction of sp³-hybridized carbons (Fsp3) is 0.429. The summed E-state index contributed by atoms with van der Waals surface area (Å²) in [5, 5.41) is 0. The predicted molar refractivity (Wildman–Crippen MR) is 64.5 cm³/mol. The number of carbonyl (C=O) groups excluding carboxylic acids is 2. The lowest BCUT2D eigenvalue weighted by molar-refractivity contribution is -0.118. The van der Waals surface area contributed by atoms with Crippen molar-refractivity contribution in [3.63, 3.8) is 0 Å². The van der Waals surface area contributed by atoms with Crippen LogP contribution in [0.25, 0.3) is 0 Å². The fourth-order valence-electron chi connectivity index (χ4n) is 1.90. The van der Waals surface area contributed by atoms with Crippen molar-refractivity contribution in [1.82, 2.24) is 0 Å². The Hall–Kier alpha value is -1.44. The Balaban J connectivity index is 2.68. The van der Waals surface area contributed by atoms with E-state index in [-0.39, 0.29) is 17.0 Å². The van der Waals surface area contributed by atoms with Crippen LogP contribution in [0, 0.1) is 5.41 Å². The average molecular weight is 218 g/mol. The maximum absolute atomic E-state index is 11.9. The Morgan fingerprint density at radius 2 is 1.62 bits per heavy atom. The van der Waals surface area contributed by atoms with E-state index in [0.717, 1.165) is 5.56 Å². The van der Waals surface area contributed by atoms with E-state index in [2.05, 4.69) is 0 Å². The molecule has 0 spiro atoms. The van der Waals surface area contributed by atoms with Gasteiger partial charge in [0, 0.05) is 18.4 Å². The summed E-state index contributed by atoms with van der Waals surface area (Å²) in [6, 6.07) is 9.21. The summed E-state index contributed by atoms with van der Waals surface area (Å²) >= 11 is 0. The summed E-state index contributed by atoms with van der Waals surface area (Å²) in [6.07, 6.45) is 0.863. The lowest BCUT2D eigenvalue weighted by Crippen LogP contribution is -2.20. The lowest BCUT2D eigenvalue weighted by Gasteiger charge is -2.22. The topological polar surface area (TPSA) is 34.1 Å². The van der Waals surface area contributed by atoms with Crippen molar-refractivity contribution in [2.75, 3.05) is 0 Å². The number of ketones is 2. The first kappa shape index (κ1) is 12.6. The standard InChI is InChI=1S/C14H18O2/c1-11(15)9-14(2,3)10-13(16)12-7-5-4-6-8-12/h4-8H,9-10H2,1-3H3. The van der Waals surface area contributed by atoms with Gasteiger partial charge in [0.2, 0.25) is 0 Å². The molecule has 0 saturated heterocycles. The molecule has 0 aromatic heterocycles. The van der Waals surface area contributed by atoms with Gasteiger partial charge in [-0.05, 0) is 12.3 Å². The molecule has 86 valence electrons. The molecule has 0 aliphatic heterocycles.